The number of hydrogen-bond acceptors (Lipinski definition) is 2. The van der Waals surface area contributed by atoms with E-state index in [9.17, 15) is 9.59 Å². The molecule has 2 aromatic rings. The topological polar surface area (TPSA) is 40.6 Å². The molecule has 0 bridgehead atoms. The highest BCUT2D eigenvalue weighted by Crippen LogP contribution is 2.33. The van der Waals surface area contributed by atoms with E-state index in [1.807, 2.05) is 35.2 Å². The number of hydrogen-bond donors (Lipinski definition) is 0. The van der Waals surface area contributed by atoms with Crippen LogP contribution < -0.4 is 0 Å². The molecule has 0 aromatic heterocycles. The molecule has 1 atom stereocenters. The molecule has 0 spiro atoms. The van der Waals surface area contributed by atoms with Crippen molar-refractivity contribution in [1.29, 1.82) is 0 Å². The average Bonchev–Trinajstić information content (AvgIpc) is 3.03. The minimum Gasteiger partial charge on any atom is -0.342 e. The van der Waals surface area contributed by atoms with E-state index in [-0.39, 0.29) is 17.2 Å². The highest BCUT2D eigenvalue weighted by atomic mass is 16.2. The van der Waals surface area contributed by atoms with Gasteiger partial charge in [-0.2, -0.15) is 0 Å². The molecule has 2 amide bonds. The third kappa shape index (κ3) is 3.48. The highest BCUT2D eigenvalue weighted by Gasteiger charge is 2.35. The SMILES string of the molecule is CC1(c2ccccc2)CCCN(C(=O)CCN2Cc3ccccc3C2=O)C1. The number of likely N-dealkylation sites (tertiary alicyclic amines) is 1. The zero-order chi connectivity index (χ0) is 18.9. The van der Waals surface area contributed by atoms with E-state index in [1.54, 1.807) is 4.90 Å². The summed E-state index contributed by atoms with van der Waals surface area (Å²) >= 11 is 0. The Morgan fingerprint density at radius 1 is 1.07 bits per heavy atom. The molecular weight excluding hydrogens is 336 g/mol. The van der Waals surface area contributed by atoms with Crippen molar-refractivity contribution in [3.63, 3.8) is 0 Å². The van der Waals surface area contributed by atoms with Gasteiger partial charge in [0, 0.05) is 43.6 Å². The van der Waals surface area contributed by atoms with Gasteiger partial charge in [-0.15, -0.1) is 0 Å². The Bertz CT molecular complexity index is 848. The van der Waals surface area contributed by atoms with E-state index in [0.717, 1.165) is 37.1 Å². The molecule has 2 aromatic carbocycles. The number of fused-ring (bicyclic) bond motifs is 1. The lowest BCUT2D eigenvalue weighted by molar-refractivity contribution is -0.133. The second-order valence-electron chi connectivity index (χ2n) is 7.98. The van der Waals surface area contributed by atoms with Gasteiger partial charge in [-0.1, -0.05) is 55.5 Å². The number of carbonyl (C=O) groups is 2. The van der Waals surface area contributed by atoms with Gasteiger partial charge < -0.3 is 9.80 Å². The van der Waals surface area contributed by atoms with Crippen LogP contribution in [0.3, 0.4) is 0 Å². The Balaban J connectivity index is 1.37. The number of benzene rings is 2. The Labute approximate surface area is 160 Å². The summed E-state index contributed by atoms with van der Waals surface area (Å²) in [6.07, 6.45) is 2.51. The minimum atomic E-state index is 0.00880. The van der Waals surface area contributed by atoms with Gasteiger partial charge in [0.2, 0.25) is 5.91 Å². The summed E-state index contributed by atoms with van der Waals surface area (Å²) in [5.74, 6) is 0.201. The summed E-state index contributed by atoms with van der Waals surface area (Å²) in [5, 5.41) is 0. The molecule has 0 radical (unpaired) electrons. The number of nitrogens with zero attached hydrogens (tertiary/aromatic N) is 2. The van der Waals surface area contributed by atoms with Crippen LogP contribution in [-0.4, -0.2) is 41.2 Å². The molecule has 1 saturated heterocycles. The lowest BCUT2D eigenvalue weighted by Crippen LogP contribution is -2.47. The first-order chi connectivity index (χ1) is 13.1. The average molecular weight is 362 g/mol. The third-order valence-electron chi connectivity index (χ3n) is 6.01. The quantitative estimate of drug-likeness (QED) is 0.834. The zero-order valence-corrected chi connectivity index (χ0v) is 15.9. The van der Waals surface area contributed by atoms with Crippen molar-refractivity contribution in [3.05, 3.63) is 71.3 Å². The predicted molar refractivity (Wildman–Crippen MR) is 105 cm³/mol. The summed E-state index contributed by atoms with van der Waals surface area (Å²) in [6.45, 7) is 4.93. The molecule has 4 nitrogen and oxygen atoms in total. The lowest BCUT2D eigenvalue weighted by Gasteiger charge is -2.41. The van der Waals surface area contributed by atoms with E-state index in [0.29, 0.717) is 19.5 Å². The summed E-state index contributed by atoms with van der Waals surface area (Å²) in [6, 6.07) is 18.2. The molecule has 2 aliphatic rings. The monoisotopic (exact) mass is 362 g/mol. The van der Waals surface area contributed by atoms with Crippen LogP contribution in [0, 0.1) is 0 Å². The molecule has 1 fully saturated rings. The second kappa shape index (κ2) is 7.18. The van der Waals surface area contributed by atoms with Gasteiger partial charge in [0.05, 0.1) is 0 Å². The third-order valence-corrected chi connectivity index (χ3v) is 6.01. The molecule has 4 heteroatoms. The van der Waals surface area contributed by atoms with Crippen LogP contribution in [0.15, 0.2) is 54.6 Å². The van der Waals surface area contributed by atoms with Crippen molar-refractivity contribution < 1.29 is 9.59 Å². The first-order valence-corrected chi connectivity index (χ1v) is 9.77. The van der Waals surface area contributed by atoms with Gasteiger partial charge >= 0.3 is 0 Å². The number of piperidine rings is 1. The Morgan fingerprint density at radius 2 is 1.81 bits per heavy atom. The van der Waals surface area contributed by atoms with Gasteiger partial charge in [0.15, 0.2) is 0 Å². The first kappa shape index (κ1) is 17.8. The van der Waals surface area contributed by atoms with Crippen molar-refractivity contribution in [3.8, 4) is 0 Å². The smallest absolute Gasteiger partial charge is 0.254 e. The minimum absolute atomic E-state index is 0.00880. The predicted octanol–water partition coefficient (Wildman–Crippen LogP) is 3.61. The fraction of sp³-hybridized carbons (Fsp3) is 0.391. The van der Waals surface area contributed by atoms with Crippen LogP contribution in [0.5, 0.6) is 0 Å². The van der Waals surface area contributed by atoms with E-state index in [1.165, 1.54) is 5.56 Å². The van der Waals surface area contributed by atoms with Crippen LogP contribution in [-0.2, 0) is 16.8 Å². The molecular formula is C23H26N2O2. The zero-order valence-electron chi connectivity index (χ0n) is 15.9. The molecule has 2 aliphatic heterocycles. The maximum atomic E-state index is 12.8. The molecule has 140 valence electrons. The number of amides is 2. The lowest BCUT2D eigenvalue weighted by atomic mass is 9.76. The summed E-state index contributed by atoms with van der Waals surface area (Å²) in [5.41, 5.74) is 3.14. The van der Waals surface area contributed by atoms with Crippen molar-refractivity contribution in [1.82, 2.24) is 9.80 Å². The summed E-state index contributed by atoms with van der Waals surface area (Å²) < 4.78 is 0. The second-order valence-corrected chi connectivity index (χ2v) is 7.98. The van der Waals surface area contributed by atoms with Crippen LogP contribution in [0.25, 0.3) is 0 Å². The maximum absolute atomic E-state index is 12.8. The van der Waals surface area contributed by atoms with Gasteiger partial charge in [0.1, 0.15) is 0 Å². The van der Waals surface area contributed by atoms with Crippen molar-refractivity contribution in [2.24, 2.45) is 0 Å². The van der Waals surface area contributed by atoms with Gasteiger partial charge in [-0.25, -0.2) is 0 Å². The molecule has 27 heavy (non-hydrogen) atoms. The van der Waals surface area contributed by atoms with E-state index in [2.05, 4.69) is 31.2 Å². The van der Waals surface area contributed by atoms with Crippen LogP contribution in [0.2, 0.25) is 0 Å². The number of carbonyl (C=O) groups excluding carboxylic acids is 2. The Hall–Kier alpha value is -2.62. The highest BCUT2D eigenvalue weighted by molar-refractivity contribution is 5.98. The molecule has 0 aliphatic carbocycles. The van der Waals surface area contributed by atoms with E-state index in [4.69, 9.17) is 0 Å². The standard InChI is InChI=1S/C23H26N2O2/c1-23(19-9-3-2-4-10-19)13-7-14-25(17-23)21(26)12-15-24-16-18-8-5-6-11-20(18)22(24)27/h2-6,8-11H,7,12-17H2,1H3. The van der Waals surface area contributed by atoms with E-state index < -0.39 is 0 Å². The Kier molecular flexibility index (Phi) is 4.73. The van der Waals surface area contributed by atoms with E-state index >= 15 is 0 Å². The van der Waals surface area contributed by atoms with Crippen LogP contribution >= 0.6 is 0 Å². The normalized spacial score (nSPS) is 22.0. The van der Waals surface area contributed by atoms with Crippen LogP contribution in [0.4, 0.5) is 0 Å². The molecule has 1 unspecified atom stereocenters. The molecule has 0 N–H and O–H groups in total. The van der Waals surface area contributed by atoms with Crippen molar-refractivity contribution >= 4 is 11.8 Å². The van der Waals surface area contributed by atoms with Crippen LogP contribution in [0.1, 0.15) is 47.7 Å². The largest absolute Gasteiger partial charge is 0.342 e. The molecule has 4 rings (SSSR count). The summed E-state index contributed by atoms with van der Waals surface area (Å²) in [7, 11) is 0. The van der Waals surface area contributed by atoms with Crippen molar-refractivity contribution in [2.75, 3.05) is 19.6 Å². The van der Waals surface area contributed by atoms with Gasteiger partial charge in [-0.05, 0) is 30.0 Å². The number of rotatable bonds is 4. The van der Waals surface area contributed by atoms with Gasteiger partial charge in [0.25, 0.3) is 5.91 Å². The fourth-order valence-corrected chi connectivity index (χ4v) is 4.41. The molecule has 0 saturated carbocycles. The molecule has 2 heterocycles. The first-order valence-electron chi connectivity index (χ1n) is 9.77. The summed E-state index contributed by atoms with van der Waals surface area (Å²) in [4.78, 5) is 29.1. The van der Waals surface area contributed by atoms with Gasteiger partial charge in [-0.3, -0.25) is 9.59 Å². The van der Waals surface area contributed by atoms with Crippen molar-refractivity contribution in [2.45, 2.75) is 38.1 Å². The Morgan fingerprint density at radius 3 is 2.59 bits per heavy atom. The fourth-order valence-electron chi connectivity index (χ4n) is 4.41. The maximum Gasteiger partial charge on any atom is 0.254 e.